The van der Waals surface area contributed by atoms with Gasteiger partial charge in [0.25, 0.3) is 0 Å². The quantitative estimate of drug-likeness (QED) is 0.545. The molecule has 2 aromatic rings. The number of nitrogens with zero attached hydrogens (tertiary/aromatic N) is 2. The van der Waals surface area contributed by atoms with Crippen LogP contribution in [0.15, 0.2) is 73.1 Å². The summed E-state index contributed by atoms with van der Waals surface area (Å²) in [7, 11) is 0. The molecule has 1 heterocycles. The zero-order chi connectivity index (χ0) is 15.5. The van der Waals surface area contributed by atoms with E-state index in [4.69, 9.17) is 0 Å². The first-order valence-corrected chi connectivity index (χ1v) is 7.53. The summed E-state index contributed by atoms with van der Waals surface area (Å²) in [5.41, 5.74) is 0. The van der Waals surface area contributed by atoms with Crippen molar-refractivity contribution >= 4 is 0 Å². The van der Waals surface area contributed by atoms with Gasteiger partial charge in [-0.25, -0.2) is 12.1 Å². The van der Waals surface area contributed by atoms with Crippen molar-refractivity contribution < 1.29 is 21.1 Å². The van der Waals surface area contributed by atoms with Gasteiger partial charge < -0.3 is 40.1 Å². The van der Waals surface area contributed by atoms with Crippen LogP contribution in [0, 0.1) is 6.67 Å². The Morgan fingerprint density at radius 2 is 1.05 bits per heavy atom. The fourth-order valence-corrected chi connectivity index (χ4v) is 1.64. The summed E-state index contributed by atoms with van der Waals surface area (Å²) in [6.45, 7) is 10.9. The van der Waals surface area contributed by atoms with Crippen LogP contribution in [0.1, 0.15) is 27.7 Å². The van der Waals surface area contributed by atoms with E-state index in [9.17, 15) is 0 Å². The van der Waals surface area contributed by atoms with Gasteiger partial charge in [0.15, 0.2) is 0 Å². The van der Waals surface area contributed by atoms with Gasteiger partial charge in [-0.15, -0.1) is 0 Å². The maximum absolute atomic E-state index is 2.21. The Balaban J connectivity index is 0.000000334. The van der Waals surface area contributed by atoms with Crippen LogP contribution in [0.3, 0.4) is 0 Å². The second-order valence-corrected chi connectivity index (χ2v) is 5.42. The number of hydrogen-bond acceptors (Lipinski definition) is 2. The molecule has 0 bridgehead atoms. The summed E-state index contributed by atoms with van der Waals surface area (Å²) in [5.74, 6) is 0. The topological polar surface area (TPSA) is 6.48 Å². The molecule has 1 aliphatic heterocycles. The van der Waals surface area contributed by atoms with Crippen molar-refractivity contribution in [2.75, 3.05) is 0 Å². The normalized spacial score (nSPS) is 12.5. The minimum atomic E-state index is 0. The van der Waals surface area contributed by atoms with Gasteiger partial charge in [-0.05, 0) is 52.2 Å². The second-order valence-electron chi connectivity index (χ2n) is 5.42. The first kappa shape index (κ1) is 20.7. The Hall–Kier alpha value is -1.27. The average Bonchev–Trinajstić information content (AvgIpc) is 3.22. The molecule has 3 heteroatoms. The molecule has 1 aliphatic rings. The van der Waals surface area contributed by atoms with Crippen LogP contribution in [0.2, 0.25) is 0 Å². The minimum absolute atomic E-state index is 0. The largest absolute Gasteiger partial charge is 0.748 e. The fourth-order valence-electron chi connectivity index (χ4n) is 1.64. The second kappa shape index (κ2) is 12.3. The predicted molar refractivity (Wildman–Crippen MR) is 91.5 cm³/mol. The molecule has 22 heavy (non-hydrogen) atoms. The third kappa shape index (κ3) is 8.89. The Morgan fingerprint density at radius 3 is 1.23 bits per heavy atom. The number of hydrogen-bond donors (Lipinski definition) is 0. The molecule has 0 N–H and O–H groups in total. The molecule has 0 amide bonds. The van der Waals surface area contributed by atoms with Crippen molar-refractivity contribution in [3.8, 4) is 0 Å². The van der Waals surface area contributed by atoms with Crippen molar-refractivity contribution in [1.82, 2.24) is 9.80 Å². The SMILES string of the molecule is CC(C)N1C=CN(C(C)C)[CH-]1.[Mo].[cH-]1[cH-][cH-][cH-][cH-]1.c1cc[cH-]c1. The van der Waals surface area contributed by atoms with Gasteiger partial charge in [0.1, 0.15) is 0 Å². The van der Waals surface area contributed by atoms with Crippen molar-refractivity contribution in [2.24, 2.45) is 0 Å². The summed E-state index contributed by atoms with van der Waals surface area (Å²) in [5, 5.41) is 0. The molecule has 0 saturated carbocycles. The minimum Gasteiger partial charge on any atom is -0.748 e. The predicted octanol–water partition coefficient (Wildman–Crippen LogP) is 4.82. The Morgan fingerprint density at radius 1 is 0.682 bits per heavy atom. The van der Waals surface area contributed by atoms with Crippen LogP contribution in [-0.4, -0.2) is 21.9 Å². The van der Waals surface area contributed by atoms with Crippen LogP contribution in [0.5, 0.6) is 0 Å². The molecular weight excluding hydrogens is 352 g/mol. The monoisotopic (exact) mass is 381 g/mol. The standard InChI is InChI=1S/C9H17N2.2C5H5.Mo/c1-8(2)10-5-6-11(7-10)9(3)4;2*1-2-4-5-3-1;/h5-9H,1-4H3;2*1-5H;/q-1;-5;-1;. The van der Waals surface area contributed by atoms with Crippen molar-refractivity contribution in [1.29, 1.82) is 0 Å². The molecular formula is C19H27MoN2-7. The molecule has 0 aliphatic carbocycles. The molecule has 0 atom stereocenters. The van der Waals surface area contributed by atoms with E-state index in [1.807, 2.05) is 60.7 Å². The zero-order valence-corrected chi connectivity index (χ0v) is 16.0. The third-order valence-electron chi connectivity index (χ3n) is 2.98. The van der Waals surface area contributed by atoms with Gasteiger partial charge in [0, 0.05) is 21.1 Å². The van der Waals surface area contributed by atoms with Crippen molar-refractivity contribution in [2.45, 2.75) is 39.8 Å². The van der Waals surface area contributed by atoms with Crippen LogP contribution in [-0.2, 0) is 21.1 Å². The Bertz CT molecular complexity index is 367. The molecule has 0 spiro atoms. The van der Waals surface area contributed by atoms with Gasteiger partial charge in [-0.1, -0.05) is 0 Å². The Labute approximate surface area is 150 Å². The van der Waals surface area contributed by atoms with E-state index in [2.05, 4.69) is 56.6 Å². The molecule has 0 aromatic heterocycles. The van der Waals surface area contributed by atoms with Crippen LogP contribution >= 0.6 is 0 Å². The van der Waals surface area contributed by atoms with E-state index >= 15 is 0 Å². The van der Waals surface area contributed by atoms with E-state index in [0.29, 0.717) is 12.1 Å². The first-order valence-electron chi connectivity index (χ1n) is 7.53. The van der Waals surface area contributed by atoms with Crippen LogP contribution < -0.4 is 0 Å². The summed E-state index contributed by atoms with van der Waals surface area (Å²) in [6, 6.07) is 21.1. The number of rotatable bonds is 2. The maximum atomic E-state index is 2.21. The molecule has 0 unspecified atom stereocenters. The third-order valence-corrected chi connectivity index (χ3v) is 2.98. The van der Waals surface area contributed by atoms with E-state index < -0.39 is 0 Å². The summed E-state index contributed by atoms with van der Waals surface area (Å²) in [6.07, 6.45) is 4.23. The van der Waals surface area contributed by atoms with Gasteiger partial charge in [-0.3, -0.25) is 0 Å². The summed E-state index contributed by atoms with van der Waals surface area (Å²) >= 11 is 0. The van der Waals surface area contributed by atoms with Gasteiger partial charge in [0.05, 0.1) is 0 Å². The van der Waals surface area contributed by atoms with Crippen LogP contribution in [0.25, 0.3) is 0 Å². The van der Waals surface area contributed by atoms with Gasteiger partial charge >= 0.3 is 0 Å². The smallest absolute Gasteiger partial charge is 0 e. The molecule has 0 radical (unpaired) electrons. The zero-order valence-electron chi connectivity index (χ0n) is 14.0. The van der Waals surface area contributed by atoms with E-state index in [0.717, 1.165) is 0 Å². The van der Waals surface area contributed by atoms with Crippen molar-refractivity contribution in [3.05, 3.63) is 79.7 Å². The molecule has 2 nitrogen and oxygen atoms in total. The van der Waals surface area contributed by atoms with E-state index in [1.165, 1.54) is 0 Å². The van der Waals surface area contributed by atoms with Gasteiger partial charge in [0.2, 0.25) is 0 Å². The molecule has 126 valence electrons. The van der Waals surface area contributed by atoms with E-state index in [1.54, 1.807) is 0 Å². The van der Waals surface area contributed by atoms with Crippen molar-refractivity contribution in [3.63, 3.8) is 0 Å². The molecule has 2 aromatic carbocycles. The van der Waals surface area contributed by atoms with E-state index in [-0.39, 0.29) is 21.1 Å². The first-order chi connectivity index (χ1) is 10.1. The maximum Gasteiger partial charge on any atom is 0 e. The summed E-state index contributed by atoms with van der Waals surface area (Å²) in [4.78, 5) is 4.42. The molecule has 0 fully saturated rings. The fraction of sp³-hybridized carbons (Fsp3) is 0.316. The van der Waals surface area contributed by atoms with Crippen LogP contribution in [0.4, 0.5) is 0 Å². The average molecular weight is 379 g/mol. The summed E-state index contributed by atoms with van der Waals surface area (Å²) < 4.78 is 0. The molecule has 3 rings (SSSR count). The van der Waals surface area contributed by atoms with Gasteiger partial charge in [-0.2, -0.15) is 24.9 Å². The molecule has 0 saturated heterocycles. The Kier molecular flexibility index (Phi) is 11.6.